The van der Waals surface area contributed by atoms with E-state index >= 15 is 0 Å². The highest BCUT2D eigenvalue weighted by atomic mass is 35.5. The summed E-state index contributed by atoms with van der Waals surface area (Å²) in [5, 5.41) is 4.57. The molecular formula is C15H22Cl2N2. The second-order valence-electron chi connectivity index (χ2n) is 5.65. The number of rotatable bonds is 2. The van der Waals surface area contributed by atoms with Gasteiger partial charge in [-0.15, -0.1) is 12.4 Å². The molecule has 0 amide bonds. The SMILES string of the molecule is CC(c1cccc(Cl)c1)N1CCC2CCC(C1)N2.Cl. The van der Waals surface area contributed by atoms with E-state index in [1.165, 1.54) is 37.9 Å². The van der Waals surface area contributed by atoms with Crippen LogP contribution in [0.25, 0.3) is 0 Å². The summed E-state index contributed by atoms with van der Waals surface area (Å²) < 4.78 is 0. The molecule has 0 radical (unpaired) electrons. The van der Waals surface area contributed by atoms with Gasteiger partial charge in [-0.25, -0.2) is 0 Å². The maximum absolute atomic E-state index is 6.09. The molecule has 2 fully saturated rings. The maximum Gasteiger partial charge on any atom is 0.0409 e. The van der Waals surface area contributed by atoms with Crippen LogP contribution in [-0.4, -0.2) is 30.1 Å². The Morgan fingerprint density at radius 3 is 2.84 bits per heavy atom. The Labute approximate surface area is 126 Å². The Bertz CT molecular complexity index is 424. The largest absolute Gasteiger partial charge is 0.310 e. The van der Waals surface area contributed by atoms with Crippen molar-refractivity contribution in [2.45, 2.75) is 44.3 Å². The molecule has 1 aromatic carbocycles. The Morgan fingerprint density at radius 1 is 1.26 bits per heavy atom. The van der Waals surface area contributed by atoms with Crippen LogP contribution in [0.4, 0.5) is 0 Å². The topological polar surface area (TPSA) is 15.3 Å². The van der Waals surface area contributed by atoms with Gasteiger partial charge in [0.25, 0.3) is 0 Å². The number of hydrogen-bond donors (Lipinski definition) is 1. The van der Waals surface area contributed by atoms with Crippen LogP contribution in [0.1, 0.15) is 37.8 Å². The average Bonchev–Trinajstić information content (AvgIpc) is 2.68. The van der Waals surface area contributed by atoms with E-state index in [-0.39, 0.29) is 12.4 Å². The van der Waals surface area contributed by atoms with E-state index < -0.39 is 0 Å². The molecular weight excluding hydrogens is 279 g/mol. The zero-order valence-corrected chi connectivity index (χ0v) is 12.9. The van der Waals surface area contributed by atoms with Gasteiger partial charge in [0.15, 0.2) is 0 Å². The summed E-state index contributed by atoms with van der Waals surface area (Å²) in [4.78, 5) is 2.60. The van der Waals surface area contributed by atoms with Gasteiger partial charge in [-0.05, 0) is 43.9 Å². The summed E-state index contributed by atoms with van der Waals surface area (Å²) in [6.45, 7) is 4.66. The molecule has 1 N–H and O–H groups in total. The van der Waals surface area contributed by atoms with E-state index in [0.717, 1.165) is 11.1 Å². The van der Waals surface area contributed by atoms with Crippen molar-refractivity contribution >= 4 is 24.0 Å². The summed E-state index contributed by atoms with van der Waals surface area (Å²) >= 11 is 6.09. The second-order valence-corrected chi connectivity index (χ2v) is 6.09. The highest BCUT2D eigenvalue weighted by Crippen LogP contribution is 2.28. The Morgan fingerprint density at radius 2 is 2.05 bits per heavy atom. The van der Waals surface area contributed by atoms with Gasteiger partial charge in [0.2, 0.25) is 0 Å². The lowest BCUT2D eigenvalue weighted by molar-refractivity contribution is 0.200. The van der Waals surface area contributed by atoms with Gasteiger partial charge < -0.3 is 5.32 Å². The normalized spacial score (nSPS) is 28.5. The molecule has 0 saturated carbocycles. The van der Waals surface area contributed by atoms with Crippen LogP contribution in [-0.2, 0) is 0 Å². The standard InChI is InChI=1S/C15H21ClN2.ClH/c1-11(12-3-2-4-13(16)9-12)18-8-7-14-5-6-15(10-18)17-14;/h2-4,9,11,14-15,17H,5-8,10H2,1H3;1H. The van der Waals surface area contributed by atoms with E-state index in [4.69, 9.17) is 11.6 Å². The molecule has 2 heterocycles. The van der Waals surface area contributed by atoms with Crippen molar-refractivity contribution in [3.8, 4) is 0 Å². The third-order valence-corrected chi connectivity index (χ3v) is 4.67. The van der Waals surface area contributed by atoms with Crippen LogP contribution >= 0.6 is 24.0 Å². The van der Waals surface area contributed by atoms with Crippen molar-refractivity contribution in [1.82, 2.24) is 10.2 Å². The molecule has 0 aliphatic carbocycles. The zero-order valence-electron chi connectivity index (χ0n) is 11.3. The Kier molecular flexibility index (Phi) is 5.13. The van der Waals surface area contributed by atoms with Crippen LogP contribution in [0, 0.1) is 0 Å². The molecule has 2 aliphatic rings. The fourth-order valence-corrected chi connectivity index (χ4v) is 3.50. The van der Waals surface area contributed by atoms with Crippen LogP contribution in [0.3, 0.4) is 0 Å². The predicted octanol–water partition coefficient (Wildman–Crippen LogP) is 3.65. The van der Waals surface area contributed by atoms with Gasteiger partial charge >= 0.3 is 0 Å². The van der Waals surface area contributed by atoms with E-state index in [9.17, 15) is 0 Å². The molecule has 3 atom stereocenters. The fourth-order valence-electron chi connectivity index (χ4n) is 3.30. The van der Waals surface area contributed by atoms with Crippen molar-refractivity contribution in [3.63, 3.8) is 0 Å². The molecule has 2 nitrogen and oxygen atoms in total. The van der Waals surface area contributed by atoms with Gasteiger partial charge in [-0.2, -0.15) is 0 Å². The smallest absolute Gasteiger partial charge is 0.0409 e. The minimum absolute atomic E-state index is 0. The predicted molar refractivity (Wildman–Crippen MR) is 83.3 cm³/mol. The van der Waals surface area contributed by atoms with Gasteiger partial charge in [-0.3, -0.25) is 4.90 Å². The fraction of sp³-hybridized carbons (Fsp3) is 0.600. The van der Waals surface area contributed by atoms with E-state index in [1.54, 1.807) is 0 Å². The van der Waals surface area contributed by atoms with Crippen molar-refractivity contribution in [3.05, 3.63) is 34.9 Å². The third-order valence-electron chi connectivity index (χ3n) is 4.43. The molecule has 4 heteroatoms. The number of nitrogens with zero attached hydrogens (tertiary/aromatic N) is 1. The van der Waals surface area contributed by atoms with Crippen molar-refractivity contribution in [1.29, 1.82) is 0 Å². The van der Waals surface area contributed by atoms with Gasteiger partial charge in [0.05, 0.1) is 0 Å². The van der Waals surface area contributed by atoms with Gasteiger partial charge in [-0.1, -0.05) is 23.7 Å². The summed E-state index contributed by atoms with van der Waals surface area (Å²) in [7, 11) is 0. The lowest BCUT2D eigenvalue weighted by Crippen LogP contribution is -2.36. The number of likely N-dealkylation sites (tertiary alicyclic amines) is 1. The molecule has 0 spiro atoms. The molecule has 2 saturated heterocycles. The molecule has 2 bridgehead atoms. The number of nitrogens with one attached hydrogen (secondary N) is 1. The molecule has 3 unspecified atom stereocenters. The highest BCUT2D eigenvalue weighted by molar-refractivity contribution is 6.30. The highest BCUT2D eigenvalue weighted by Gasteiger charge is 2.31. The molecule has 3 rings (SSSR count). The first kappa shape index (κ1) is 15.1. The van der Waals surface area contributed by atoms with E-state index in [1.807, 2.05) is 6.07 Å². The molecule has 0 aromatic heterocycles. The van der Waals surface area contributed by atoms with Crippen LogP contribution < -0.4 is 5.32 Å². The summed E-state index contributed by atoms with van der Waals surface area (Å²) in [6.07, 6.45) is 3.98. The van der Waals surface area contributed by atoms with Gasteiger partial charge in [0, 0.05) is 36.2 Å². The van der Waals surface area contributed by atoms with Crippen LogP contribution in [0.15, 0.2) is 24.3 Å². The lowest BCUT2D eigenvalue weighted by Gasteiger charge is -2.30. The van der Waals surface area contributed by atoms with E-state index in [0.29, 0.717) is 12.1 Å². The molecule has 2 aliphatic heterocycles. The van der Waals surface area contributed by atoms with E-state index in [2.05, 4.69) is 35.3 Å². The van der Waals surface area contributed by atoms with Crippen molar-refractivity contribution < 1.29 is 0 Å². The van der Waals surface area contributed by atoms with Crippen LogP contribution in [0.2, 0.25) is 5.02 Å². The summed E-state index contributed by atoms with van der Waals surface area (Å²) in [6, 6.07) is 10.2. The van der Waals surface area contributed by atoms with Crippen molar-refractivity contribution in [2.75, 3.05) is 13.1 Å². The molecule has 19 heavy (non-hydrogen) atoms. The maximum atomic E-state index is 6.09. The van der Waals surface area contributed by atoms with Gasteiger partial charge in [0.1, 0.15) is 0 Å². The molecule has 106 valence electrons. The minimum Gasteiger partial charge on any atom is -0.310 e. The monoisotopic (exact) mass is 300 g/mol. The van der Waals surface area contributed by atoms with Crippen LogP contribution in [0.5, 0.6) is 0 Å². The summed E-state index contributed by atoms with van der Waals surface area (Å²) in [5.74, 6) is 0. The Hall–Kier alpha value is -0.280. The number of fused-ring (bicyclic) bond motifs is 2. The summed E-state index contributed by atoms with van der Waals surface area (Å²) in [5.41, 5.74) is 1.33. The first-order chi connectivity index (χ1) is 8.72. The Balaban J connectivity index is 0.00000133. The van der Waals surface area contributed by atoms with Crippen molar-refractivity contribution in [2.24, 2.45) is 0 Å². The quantitative estimate of drug-likeness (QED) is 0.897. The minimum atomic E-state index is 0. The number of hydrogen-bond acceptors (Lipinski definition) is 2. The first-order valence-electron chi connectivity index (χ1n) is 6.98. The third kappa shape index (κ3) is 3.43. The first-order valence-corrected chi connectivity index (χ1v) is 7.36. The number of halogens is 2. The zero-order chi connectivity index (χ0) is 12.5. The second kappa shape index (κ2) is 6.45. The molecule has 1 aromatic rings. The lowest BCUT2D eigenvalue weighted by atomic mass is 10.0. The average molecular weight is 301 g/mol. The number of benzene rings is 1.